The third kappa shape index (κ3) is 2.37. The zero-order chi connectivity index (χ0) is 10.5. The first kappa shape index (κ1) is 9.33. The standard InChI is InChI=1S/C11H10N2O2/c14-11(9-5-2-1-3-6-9)13-10-7-4-8-12-15-10/h1-8,12H,(H,13,14). The predicted molar refractivity (Wildman–Crippen MR) is 55.4 cm³/mol. The van der Waals surface area contributed by atoms with E-state index in [1.807, 2.05) is 18.2 Å². The summed E-state index contributed by atoms with van der Waals surface area (Å²) in [7, 11) is 0. The van der Waals surface area contributed by atoms with Gasteiger partial charge in [-0.1, -0.05) is 18.2 Å². The predicted octanol–water partition coefficient (Wildman–Crippen LogP) is 1.31. The number of nitrogens with one attached hydrogen (secondary N) is 2. The molecule has 1 amide bonds. The first-order valence-corrected chi connectivity index (χ1v) is 4.52. The van der Waals surface area contributed by atoms with Crippen LogP contribution < -0.4 is 10.8 Å². The van der Waals surface area contributed by atoms with Gasteiger partial charge in [0.25, 0.3) is 5.91 Å². The lowest BCUT2D eigenvalue weighted by Gasteiger charge is -2.12. The number of hydrogen-bond acceptors (Lipinski definition) is 3. The van der Waals surface area contributed by atoms with Gasteiger partial charge in [-0.15, -0.1) is 0 Å². The molecule has 0 bridgehead atoms. The van der Waals surface area contributed by atoms with Crippen LogP contribution in [0.4, 0.5) is 0 Å². The van der Waals surface area contributed by atoms with Gasteiger partial charge in [0.05, 0.1) is 0 Å². The monoisotopic (exact) mass is 202 g/mol. The quantitative estimate of drug-likeness (QED) is 0.760. The Labute approximate surface area is 87.2 Å². The molecule has 1 aromatic carbocycles. The highest BCUT2D eigenvalue weighted by molar-refractivity contribution is 5.95. The summed E-state index contributed by atoms with van der Waals surface area (Å²) in [6.07, 6.45) is 5.03. The van der Waals surface area contributed by atoms with E-state index in [2.05, 4.69) is 10.8 Å². The van der Waals surface area contributed by atoms with Gasteiger partial charge in [-0.25, -0.2) is 5.48 Å². The van der Waals surface area contributed by atoms with Gasteiger partial charge in [0, 0.05) is 17.8 Å². The number of rotatable bonds is 2. The summed E-state index contributed by atoms with van der Waals surface area (Å²) >= 11 is 0. The molecule has 0 radical (unpaired) electrons. The molecule has 0 unspecified atom stereocenters. The lowest BCUT2D eigenvalue weighted by molar-refractivity contribution is 0.0846. The first-order valence-electron chi connectivity index (χ1n) is 4.52. The van der Waals surface area contributed by atoms with Crippen LogP contribution in [-0.4, -0.2) is 5.91 Å². The zero-order valence-electron chi connectivity index (χ0n) is 7.94. The molecule has 0 saturated heterocycles. The Morgan fingerprint density at radius 2 is 2.07 bits per heavy atom. The minimum atomic E-state index is -0.195. The lowest BCUT2D eigenvalue weighted by Crippen LogP contribution is -2.27. The molecule has 0 fully saturated rings. The Kier molecular flexibility index (Phi) is 2.69. The summed E-state index contributed by atoms with van der Waals surface area (Å²) < 4.78 is 0. The average Bonchev–Trinajstić information content (AvgIpc) is 2.31. The van der Waals surface area contributed by atoms with Crippen molar-refractivity contribution in [1.29, 1.82) is 0 Å². The van der Waals surface area contributed by atoms with Crippen LogP contribution in [0.3, 0.4) is 0 Å². The number of allylic oxidation sites excluding steroid dienone is 2. The van der Waals surface area contributed by atoms with Gasteiger partial charge in [-0.3, -0.25) is 10.1 Å². The van der Waals surface area contributed by atoms with Crippen molar-refractivity contribution in [2.75, 3.05) is 0 Å². The maximum absolute atomic E-state index is 11.6. The topological polar surface area (TPSA) is 50.4 Å². The number of carbonyl (C=O) groups excluding carboxylic acids is 1. The maximum atomic E-state index is 11.6. The van der Waals surface area contributed by atoms with Crippen LogP contribution >= 0.6 is 0 Å². The smallest absolute Gasteiger partial charge is 0.258 e. The normalized spacial score (nSPS) is 13.5. The van der Waals surface area contributed by atoms with E-state index in [1.54, 1.807) is 30.5 Å². The summed E-state index contributed by atoms with van der Waals surface area (Å²) in [5, 5.41) is 2.62. The molecule has 4 heteroatoms. The molecule has 1 aromatic rings. The molecule has 76 valence electrons. The Morgan fingerprint density at radius 1 is 1.27 bits per heavy atom. The van der Waals surface area contributed by atoms with E-state index in [1.165, 1.54) is 0 Å². The molecule has 4 nitrogen and oxygen atoms in total. The second kappa shape index (κ2) is 4.32. The van der Waals surface area contributed by atoms with Crippen molar-refractivity contribution in [2.24, 2.45) is 0 Å². The van der Waals surface area contributed by atoms with E-state index in [0.717, 1.165) is 0 Å². The van der Waals surface area contributed by atoms with E-state index in [9.17, 15) is 4.79 Å². The molecule has 2 rings (SSSR count). The maximum Gasteiger partial charge on any atom is 0.258 e. The largest absolute Gasteiger partial charge is 0.364 e. The molecule has 2 N–H and O–H groups in total. The molecule has 15 heavy (non-hydrogen) atoms. The Bertz CT molecular complexity index is 410. The molecular weight excluding hydrogens is 192 g/mol. The number of carbonyl (C=O) groups is 1. The van der Waals surface area contributed by atoms with Crippen LogP contribution in [0.15, 0.2) is 54.6 Å². The van der Waals surface area contributed by atoms with Crippen molar-refractivity contribution >= 4 is 5.91 Å². The lowest BCUT2D eigenvalue weighted by atomic mass is 10.2. The van der Waals surface area contributed by atoms with Gasteiger partial charge >= 0.3 is 0 Å². The molecule has 1 aliphatic rings. The second-order valence-corrected chi connectivity index (χ2v) is 2.93. The van der Waals surface area contributed by atoms with Gasteiger partial charge in [0.1, 0.15) is 0 Å². The molecule has 1 aliphatic heterocycles. The summed E-state index contributed by atoms with van der Waals surface area (Å²) in [6.45, 7) is 0. The zero-order valence-corrected chi connectivity index (χ0v) is 7.94. The fraction of sp³-hybridized carbons (Fsp3) is 0. The van der Waals surface area contributed by atoms with Crippen molar-refractivity contribution in [2.45, 2.75) is 0 Å². The van der Waals surface area contributed by atoms with Gasteiger partial charge in [0.15, 0.2) is 0 Å². The minimum absolute atomic E-state index is 0.195. The van der Waals surface area contributed by atoms with Crippen molar-refractivity contribution in [3.05, 3.63) is 60.1 Å². The third-order valence-electron chi connectivity index (χ3n) is 1.85. The molecule has 0 spiro atoms. The van der Waals surface area contributed by atoms with E-state index in [-0.39, 0.29) is 5.91 Å². The van der Waals surface area contributed by atoms with Crippen LogP contribution in [0.25, 0.3) is 0 Å². The number of hydrogen-bond donors (Lipinski definition) is 2. The van der Waals surface area contributed by atoms with Crippen LogP contribution in [0, 0.1) is 0 Å². The number of hydroxylamine groups is 1. The number of amides is 1. The fourth-order valence-corrected chi connectivity index (χ4v) is 1.15. The van der Waals surface area contributed by atoms with Gasteiger partial charge in [-0.05, 0) is 18.2 Å². The van der Waals surface area contributed by atoms with Gasteiger partial charge in [0.2, 0.25) is 5.88 Å². The van der Waals surface area contributed by atoms with Gasteiger partial charge in [-0.2, -0.15) is 0 Å². The molecular formula is C11H10N2O2. The van der Waals surface area contributed by atoms with Crippen LogP contribution in [0.2, 0.25) is 0 Å². The van der Waals surface area contributed by atoms with E-state index in [4.69, 9.17) is 4.84 Å². The number of benzene rings is 1. The Hall–Kier alpha value is -2.23. The van der Waals surface area contributed by atoms with Crippen LogP contribution in [0.5, 0.6) is 0 Å². The van der Waals surface area contributed by atoms with E-state index < -0.39 is 0 Å². The second-order valence-electron chi connectivity index (χ2n) is 2.93. The Balaban J connectivity index is 2.04. The summed E-state index contributed by atoms with van der Waals surface area (Å²) in [4.78, 5) is 16.6. The molecule has 0 atom stereocenters. The summed E-state index contributed by atoms with van der Waals surface area (Å²) in [6, 6.07) is 8.95. The van der Waals surface area contributed by atoms with Crippen LogP contribution in [-0.2, 0) is 4.84 Å². The summed E-state index contributed by atoms with van der Waals surface area (Å²) in [5.74, 6) is 0.185. The van der Waals surface area contributed by atoms with Crippen molar-refractivity contribution in [3.63, 3.8) is 0 Å². The average molecular weight is 202 g/mol. The SMILES string of the molecule is O=C(NC1=CC=CNO1)c1ccccc1. The van der Waals surface area contributed by atoms with E-state index in [0.29, 0.717) is 11.4 Å². The molecule has 0 saturated carbocycles. The van der Waals surface area contributed by atoms with Gasteiger partial charge < -0.3 is 4.84 Å². The van der Waals surface area contributed by atoms with Crippen LogP contribution in [0.1, 0.15) is 10.4 Å². The van der Waals surface area contributed by atoms with Crippen molar-refractivity contribution < 1.29 is 9.63 Å². The molecule has 1 heterocycles. The molecule has 0 aliphatic carbocycles. The van der Waals surface area contributed by atoms with E-state index >= 15 is 0 Å². The first-order chi connectivity index (χ1) is 7.36. The Morgan fingerprint density at radius 3 is 2.73 bits per heavy atom. The highest BCUT2D eigenvalue weighted by Crippen LogP contribution is 2.01. The van der Waals surface area contributed by atoms with Crippen molar-refractivity contribution in [3.8, 4) is 0 Å². The minimum Gasteiger partial charge on any atom is -0.364 e. The summed E-state index contributed by atoms with van der Waals surface area (Å²) in [5.41, 5.74) is 3.12. The van der Waals surface area contributed by atoms with Crippen molar-refractivity contribution in [1.82, 2.24) is 10.8 Å². The highest BCUT2D eigenvalue weighted by Gasteiger charge is 2.08. The molecule has 0 aromatic heterocycles. The fourth-order valence-electron chi connectivity index (χ4n) is 1.15. The third-order valence-corrected chi connectivity index (χ3v) is 1.85. The highest BCUT2D eigenvalue weighted by atomic mass is 16.7.